The molecule has 1 rings (SSSR count). The lowest BCUT2D eigenvalue weighted by atomic mass is 10.4. The van der Waals surface area contributed by atoms with Gasteiger partial charge in [-0.3, -0.25) is 4.79 Å². The van der Waals surface area contributed by atoms with Crippen LogP contribution in [0.2, 0.25) is 0 Å². The first-order valence-electron chi connectivity index (χ1n) is 4.09. The molecule has 3 nitrogen and oxygen atoms in total. The summed E-state index contributed by atoms with van der Waals surface area (Å²) in [6.07, 6.45) is 2.73. The van der Waals surface area contributed by atoms with Crippen LogP contribution in [-0.2, 0) is 11.3 Å². The lowest BCUT2D eigenvalue weighted by molar-refractivity contribution is 0.190. The molecule has 0 spiro atoms. The summed E-state index contributed by atoms with van der Waals surface area (Å²) in [6.45, 7) is 1.42. The van der Waals surface area contributed by atoms with E-state index < -0.39 is 0 Å². The van der Waals surface area contributed by atoms with E-state index in [4.69, 9.17) is 4.74 Å². The maximum Gasteiger partial charge on any atom is 0.250 e. The monoisotopic (exact) mass is 293 g/mol. The van der Waals surface area contributed by atoms with Gasteiger partial charge in [-0.1, -0.05) is 0 Å². The topological polar surface area (TPSA) is 31.2 Å². The first kappa shape index (κ1) is 10.7. The molecular formula is C9H12INO2. The van der Waals surface area contributed by atoms with Crippen molar-refractivity contribution >= 4 is 22.6 Å². The minimum absolute atomic E-state index is 0.0523. The Bertz CT molecular complexity index is 322. The Morgan fingerprint density at radius 1 is 1.54 bits per heavy atom. The van der Waals surface area contributed by atoms with Crippen LogP contribution in [-0.4, -0.2) is 18.3 Å². The Hall–Kier alpha value is -0.360. The van der Waals surface area contributed by atoms with Crippen LogP contribution in [0.15, 0.2) is 23.1 Å². The number of methoxy groups -OCH3 is 1. The molecule has 0 amide bonds. The Labute approximate surface area is 90.9 Å². The molecule has 0 fully saturated rings. The van der Waals surface area contributed by atoms with Crippen molar-refractivity contribution in [3.63, 3.8) is 0 Å². The van der Waals surface area contributed by atoms with Crippen molar-refractivity contribution in [2.45, 2.75) is 13.0 Å². The number of aromatic nitrogens is 1. The second-order valence-corrected chi connectivity index (χ2v) is 3.97. The van der Waals surface area contributed by atoms with Gasteiger partial charge in [0.2, 0.25) is 0 Å². The van der Waals surface area contributed by atoms with E-state index >= 15 is 0 Å². The summed E-state index contributed by atoms with van der Waals surface area (Å²) >= 11 is 2.19. The minimum Gasteiger partial charge on any atom is -0.385 e. The number of rotatable bonds is 4. The van der Waals surface area contributed by atoms with E-state index in [0.29, 0.717) is 6.61 Å². The Balaban J connectivity index is 2.65. The van der Waals surface area contributed by atoms with Crippen molar-refractivity contribution in [3.8, 4) is 0 Å². The van der Waals surface area contributed by atoms with Crippen molar-refractivity contribution < 1.29 is 4.74 Å². The predicted molar refractivity (Wildman–Crippen MR) is 59.9 cm³/mol. The molecule has 0 saturated carbocycles. The lowest BCUT2D eigenvalue weighted by Gasteiger charge is -2.04. The Morgan fingerprint density at radius 2 is 2.31 bits per heavy atom. The molecule has 72 valence electrons. The van der Waals surface area contributed by atoms with Gasteiger partial charge in [-0.15, -0.1) is 0 Å². The van der Waals surface area contributed by atoms with E-state index in [-0.39, 0.29) is 5.56 Å². The average molecular weight is 293 g/mol. The Morgan fingerprint density at radius 3 is 3.00 bits per heavy atom. The van der Waals surface area contributed by atoms with Crippen LogP contribution in [0.4, 0.5) is 0 Å². The van der Waals surface area contributed by atoms with Gasteiger partial charge >= 0.3 is 0 Å². The highest BCUT2D eigenvalue weighted by Crippen LogP contribution is 2.00. The van der Waals surface area contributed by atoms with Gasteiger partial charge in [-0.2, -0.15) is 0 Å². The second-order valence-electron chi connectivity index (χ2n) is 2.73. The summed E-state index contributed by atoms with van der Waals surface area (Å²) in [5.41, 5.74) is 0.0523. The van der Waals surface area contributed by atoms with Gasteiger partial charge in [0.05, 0.1) is 0 Å². The highest BCUT2D eigenvalue weighted by molar-refractivity contribution is 14.1. The van der Waals surface area contributed by atoms with Crippen LogP contribution in [0.1, 0.15) is 6.42 Å². The zero-order valence-electron chi connectivity index (χ0n) is 7.50. The van der Waals surface area contributed by atoms with Crippen LogP contribution in [0.25, 0.3) is 0 Å². The van der Waals surface area contributed by atoms with Gasteiger partial charge in [0.15, 0.2) is 0 Å². The highest BCUT2D eigenvalue weighted by atomic mass is 127. The first-order valence-corrected chi connectivity index (χ1v) is 5.17. The molecule has 0 aliphatic rings. The molecule has 1 aromatic rings. The fourth-order valence-corrected chi connectivity index (χ4v) is 1.57. The molecule has 0 aliphatic heterocycles. The fraction of sp³-hybridized carbons (Fsp3) is 0.444. The zero-order chi connectivity index (χ0) is 9.68. The van der Waals surface area contributed by atoms with Crippen LogP contribution >= 0.6 is 22.6 Å². The third kappa shape index (κ3) is 3.48. The van der Waals surface area contributed by atoms with Gasteiger partial charge in [-0.05, 0) is 35.1 Å². The highest BCUT2D eigenvalue weighted by Gasteiger charge is 1.95. The summed E-state index contributed by atoms with van der Waals surface area (Å²) in [5, 5.41) is 0. The van der Waals surface area contributed by atoms with Crippen LogP contribution < -0.4 is 5.56 Å². The van der Waals surface area contributed by atoms with E-state index in [9.17, 15) is 4.79 Å². The molecule has 4 heteroatoms. The summed E-state index contributed by atoms with van der Waals surface area (Å²) in [7, 11) is 1.66. The molecule has 0 aromatic carbocycles. The van der Waals surface area contributed by atoms with E-state index in [1.54, 1.807) is 17.7 Å². The van der Waals surface area contributed by atoms with Crippen molar-refractivity contribution in [3.05, 3.63) is 32.3 Å². The van der Waals surface area contributed by atoms with E-state index in [0.717, 1.165) is 16.5 Å². The molecular weight excluding hydrogens is 281 g/mol. The SMILES string of the molecule is COCCCn1cc(I)ccc1=O. The second kappa shape index (κ2) is 5.39. The van der Waals surface area contributed by atoms with Crippen LogP contribution in [0.5, 0.6) is 0 Å². The normalized spacial score (nSPS) is 10.3. The van der Waals surface area contributed by atoms with E-state index in [2.05, 4.69) is 22.6 Å². The maximum atomic E-state index is 11.3. The number of halogens is 1. The van der Waals surface area contributed by atoms with E-state index in [1.807, 2.05) is 12.3 Å². The molecule has 0 radical (unpaired) electrons. The standard InChI is InChI=1S/C9H12INO2/c1-13-6-2-5-11-7-8(10)3-4-9(11)12/h3-4,7H,2,5-6H2,1H3. The molecule has 1 heterocycles. The quantitative estimate of drug-likeness (QED) is 0.622. The molecule has 13 heavy (non-hydrogen) atoms. The molecule has 0 atom stereocenters. The number of aryl methyl sites for hydroxylation is 1. The largest absolute Gasteiger partial charge is 0.385 e. The van der Waals surface area contributed by atoms with Crippen LogP contribution in [0, 0.1) is 3.57 Å². The first-order chi connectivity index (χ1) is 6.24. The Kier molecular flexibility index (Phi) is 4.44. The molecule has 0 bridgehead atoms. The summed E-state index contributed by atoms with van der Waals surface area (Å²) in [4.78, 5) is 11.3. The van der Waals surface area contributed by atoms with Gasteiger partial charge in [-0.25, -0.2) is 0 Å². The average Bonchev–Trinajstić information content (AvgIpc) is 2.11. The van der Waals surface area contributed by atoms with Crippen LogP contribution in [0.3, 0.4) is 0 Å². The van der Waals surface area contributed by atoms with Gasteiger partial charge < -0.3 is 9.30 Å². The van der Waals surface area contributed by atoms with Crippen molar-refractivity contribution in [1.82, 2.24) is 4.57 Å². The lowest BCUT2D eigenvalue weighted by Crippen LogP contribution is -2.19. The fourth-order valence-electron chi connectivity index (χ4n) is 1.06. The third-order valence-electron chi connectivity index (χ3n) is 1.69. The predicted octanol–water partition coefficient (Wildman–Crippen LogP) is 1.49. The number of hydrogen-bond acceptors (Lipinski definition) is 2. The number of pyridine rings is 1. The number of nitrogens with zero attached hydrogens (tertiary/aromatic N) is 1. The van der Waals surface area contributed by atoms with Gasteiger partial charge in [0.1, 0.15) is 0 Å². The van der Waals surface area contributed by atoms with Crippen molar-refractivity contribution in [1.29, 1.82) is 0 Å². The maximum absolute atomic E-state index is 11.3. The molecule has 0 unspecified atom stereocenters. The number of hydrogen-bond donors (Lipinski definition) is 0. The summed E-state index contributed by atoms with van der Waals surface area (Å²) < 4.78 is 7.70. The zero-order valence-corrected chi connectivity index (χ0v) is 9.65. The third-order valence-corrected chi connectivity index (χ3v) is 2.33. The van der Waals surface area contributed by atoms with Crippen molar-refractivity contribution in [2.75, 3.05) is 13.7 Å². The molecule has 0 aliphatic carbocycles. The summed E-state index contributed by atoms with van der Waals surface area (Å²) in [5.74, 6) is 0. The van der Waals surface area contributed by atoms with Gasteiger partial charge in [0, 0.05) is 36.1 Å². The number of ether oxygens (including phenoxy) is 1. The molecule has 0 N–H and O–H groups in total. The molecule has 0 saturated heterocycles. The minimum atomic E-state index is 0.0523. The smallest absolute Gasteiger partial charge is 0.250 e. The summed E-state index contributed by atoms with van der Waals surface area (Å²) in [6, 6.07) is 3.41. The van der Waals surface area contributed by atoms with E-state index in [1.165, 1.54) is 0 Å². The molecule has 1 aromatic heterocycles. The van der Waals surface area contributed by atoms with Crippen molar-refractivity contribution in [2.24, 2.45) is 0 Å². The van der Waals surface area contributed by atoms with Gasteiger partial charge in [0.25, 0.3) is 5.56 Å².